The first kappa shape index (κ1) is 13.9. The maximum atomic E-state index is 12.0. The first-order valence-corrected chi connectivity index (χ1v) is 7.25. The third-order valence-electron chi connectivity index (χ3n) is 2.14. The Hall–Kier alpha value is -1.51. The summed E-state index contributed by atoms with van der Waals surface area (Å²) in [6, 6.07) is 4.64. The first-order valence-electron chi connectivity index (χ1n) is 5.01. The quantitative estimate of drug-likeness (QED) is 0.799. The summed E-state index contributed by atoms with van der Waals surface area (Å²) in [5.74, 6) is 0.158. The van der Waals surface area contributed by atoms with Gasteiger partial charge in [-0.15, -0.1) is 5.10 Å². The molecule has 19 heavy (non-hydrogen) atoms. The van der Waals surface area contributed by atoms with Crippen molar-refractivity contribution in [2.45, 2.75) is 5.16 Å². The van der Waals surface area contributed by atoms with Gasteiger partial charge in [0.25, 0.3) is 15.2 Å². The number of H-pyrrole nitrogens is 1. The summed E-state index contributed by atoms with van der Waals surface area (Å²) in [5, 5.41) is 8.59. The Morgan fingerprint density at radius 1 is 1.26 bits per heavy atom. The number of rotatable bonds is 4. The van der Waals surface area contributed by atoms with Gasteiger partial charge in [0.15, 0.2) is 0 Å². The SMILES string of the molecule is CNc1n[nH]c(S(=O)(=O)Nc2c(Cl)cccc2Cl)n1. The average Bonchev–Trinajstić information content (AvgIpc) is 2.83. The summed E-state index contributed by atoms with van der Waals surface area (Å²) in [5.41, 5.74) is 0.0910. The molecule has 1 heterocycles. The molecule has 0 atom stereocenters. The molecule has 3 N–H and O–H groups in total. The number of halogens is 2. The molecule has 0 spiro atoms. The van der Waals surface area contributed by atoms with Crippen LogP contribution in [0.2, 0.25) is 10.0 Å². The zero-order valence-corrected chi connectivity index (χ0v) is 11.9. The second kappa shape index (κ2) is 5.24. The molecule has 1 aromatic heterocycles. The highest BCUT2D eigenvalue weighted by molar-refractivity contribution is 7.92. The number of nitrogens with zero attached hydrogens (tertiary/aromatic N) is 2. The molecule has 0 aliphatic heterocycles. The van der Waals surface area contributed by atoms with Crippen LogP contribution in [0, 0.1) is 0 Å². The normalized spacial score (nSPS) is 11.3. The molecule has 102 valence electrons. The molecule has 0 radical (unpaired) electrons. The molecule has 7 nitrogen and oxygen atoms in total. The van der Waals surface area contributed by atoms with Crippen LogP contribution >= 0.6 is 23.2 Å². The molecule has 0 fully saturated rings. The molecule has 10 heteroatoms. The number of para-hydroxylation sites is 1. The van der Waals surface area contributed by atoms with Crippen molar-refractivity contribution in [2.24, 2.45) is 0 Å². The third-order valence-corrected chi connectivity index (χ3v) is 3.94. The second-order valence-corrected chi connectivity index (χ2v) is 5.83. The summed E-state index contributed by atoms with van der Waals surface area (Å²) in [6.45, 7) is 0. The molecule has 0 aliphatic carbocycles. The van der Waals surface area contributed by atoms with Crippen molar-refractivity contribution in [3.05, 3.63) is 28.2 Å². The Labute approximate surface area is 119 Å². The van der Waals surface area contributed by atoms with E-state index in [1.165, 1.54) is 12.1 Å². The molecule has 0 saturated heterocycles. The Morgan fingerprint density at radius 3 is 2.42 bits per heavy atom. The predicted octanol–water partition coefficient (Wildman–Crippen LogP) is 1.95. The van der Waals surface area contributed by atoms with E-state index in [2.05, 4.69) is 25.2 Å². The fourth-order valence-electron chi connectivity index (χ4n) is 1.26. The van der Waals surface area contributed by atoms with Crippen LogP contribution in [0.4, 0.5) is 11.6 Å². The van der Waals surface area contributed by atoms with Crippen LogP contribution in [0.25, 0.3) is 0 Å². The van der Waals surface area contributed by atoms with Gasteiger partial charge < -0.3 is 5.32 Å². The fourth-order valence-corrected chi connectivity index (χ4v) is 2.82. The number of benzene rings is 1. The minimum Gasteiger partial charge on any atom is -0.356 e. The predicted molar refractivity (Wildman–Crippen MR) is 73.2 cm³/mol. The third kappa shape index (κ3) is 2.91. The van der Waals surface area contributed by atoms with Gasteiger partial charge in [0, 0.05) is 7.05 Å². The van der Waals surface area contributed by atoms with E-state index in [1.807, 2.05) is 0 Å². The topological polar surface area (TPSA) is 99.8 Å². The van der Waals surface area contributed by atoms with Gasteiger partial charge in [0.2, 0.25) is 5.95 Å². The van der Waals surface area contributed by atoms with Gasteiger partial charge >= 0.3 is 0 Å². The zero-order valence-electron chi connectivity index (χ0n) is 9.61. The highest BCUT2D eigenvalue weighted by Crippen LogP contribution is 2.31. The van der Waals surface area contributed by atoms with Crippen LogP contribution < -0.4 is 10.0 Å². The van der Waals surface area contributed by atoms with Crippen LogP contribution in [0.1, 0.15) is 0 Å². The van der Waals surface area contributed by atoms with Crippen molar-refractivity contribution in [2.75, 3.05) is 17.1 Å². The van der Waals surface area contributed by atoms with Crippen LogP contribution in [0.5, 0.6) is 0 Å². The van der Waals surface area contributed by atoms with E-state index in [-0.39, 0.29) is 26.8 Å². The summed E-state index contributed by atoms with van der Waals surface area (Å²) >= 11 is 11.8. The number of aromatic amines is 1. The van der Waals surface area contributed by atoms with E-state index in [0.29, 0.717) is 0 Å². The number of hydrogen-bond acceptors (Lipinski definition) is 5. The van der Waals surface area contributed by atoms with Crippen LogP contribution in [0.3, 0.4) is 0 Å². The molecule has 0 aliphatic rings. The molecule has 0 unspecified atom stereocenters. The largest absolute Gasteiger partial charge is 0.356 e. The summed E-state index contributed by atoms with van der Waals surface area (Å²) < 4.78 is 26.3. The second-order valence-electron chi connectivity index (χ2n) is 3.42. The lowest BCUT2D eigenvalue weighted by Gasteiger charge is -2.08. The molecule has 0 bridgehead atoms. The van der Waals surface area contributed by atoms with E-state index in [1.54, 1.807) is 13.1 Å². The van der Waals surface area contributed by atoms with Gasteiger partial charge in [0.1, 0.15) is 0 Å². The Kier molecular flexibility index (Phi) is 3.83. The highest BCUT2D eigenvalue weighted by Gasteiger charge is 2.21. The molecule has 0 saturated carbocycles. The Morgan fingerprint density at radius 2 is 1.89 bits per heavy atom. The van der Waals surface area contributed by atoms with Crippen LogP contribution in [-0.2, 0) is 10.0 Å². The summed E-state index contributed by atoms with van der Waals surface area (Å²) in [4.78, 5) is 3.74. The van der Waals surface area contributed by atoms with Crippen molar-refractivity contribution >= 4 is 44.9 Å². The van der Waals surface area contributed by atoms with E-state index >= 15 is 0 Å². The van der Waals surface area contributed by atoms with E-state index in [4.69, 9.17) is 23.2 Å². The lowest BCUT2D eigenvalue weighted by molar-refractivity contribution is 0.593. The van der Waals surface area contributed by atoms with Gasteiger partial charge in [0.05, 0.1) is 15.7 Å². The van der Waals surface area contributed by atoms with Crippen molar-refractivity contribution < 1.29 is 8.42 Å². The van der Waals surface area contributed by atoms with Crippen molar-refractivity contribution in [1.82, 2.24) is 15.2 Å². The zero-order chi connectivity index (χ0) is 14.0. The number of sulfonamides is 1. The lowest BCUT2D eigenvalue weighted by Crippen LogP contribution is -2.15. The standard InChI is InChI=1S/C9H9Cl2N5O2S/c1-12-8-13-9(15-14-8)19(17,18)16-7-5(10)3-2-4-6(7)11/h2-4,16H,1H3,(H2,12,13,14,15). The van der Waals surface area contributed by atoms with Crippen molar-refractivity contribution in [1.29, 1.82) is 0 Å². The monoisotopic (exact) mass is 321 g/mol. The Bertz CT molecular complexity index is 680. The number of nitrogens with one attached hydrogen (secondary N) is 3. The molecule has 1 aromatic carbocycles. The molecule has 0 amide bonds. The van der Waals surface area contributed by atoms with E-state index in [0.717, 1.165) is 0 Å². The van der Waals surface area contributed by atoms with Crippen molar-refractivity contribution in [3.8, 4) is 0 Å². The van der Waals surface area contributed by atoms with E-state index < -0.39 is 10.0 Å². The molecular formula is C9H9Cl2N5O2S. The summed E-state index contributed by atoms with van der Waals surface area (Å²) in [7, 11) is -2.37. The molecule has 2 aromatic rings. The molecule has 2 rings (SSSR count). The lowest BCUT2D eigenvalue weighted by atomic mass is 10.3. The van der Waals surface area contributed by atoms with Gasteiger partial charge in [-0.1, -0.05) is 29.3 Å². The van der Waals surface area contributed by atoms with Crippen LogP contribution in [-0.4, -0.2) is 30.6 Å². The van der Waals surface area contributed by atoms with Gasteiger partial charge in [-0.2, -0.15) is 13.4 Å². The maximum absolute atomic E-state index is 12.0. The van der Waals surface area contributed by atoms with Crippen LogP contribution in [0.15, 0.2) is 23.4 Å². The average molecular weight is 322 g/mol. The maximum Gasteiger partial charge on any atom is 0.297 e. The summed E-state index contributed by atoms with van der Waals surface area (Å²) in [6.07, 6.45) is 0. The van der Waals surface area contributed by atoms with E-state index in [9.17, 15) is 8.42 Å². The fraction of sp³-hybridized carbons (Fsp3) is 0.111. The minimum atomic E-state index is -3.94. The number of aromatic nitrogens is 3. The Balaban J connectivity index is 2.36. The minimum absolute atomic E-state index is 0.0910. The number of hydrogen-bond donors (Lipinski definition) is 3. The van der Waals surface area contributed by atoms with Crippen molar-refractivity contribution in [3.63, 3.8) is 0 Å². The van der Waals surface area contributed by atoms with Gasteiger partial charge in [-0.3, -0.25) is 4.72 Å². The van der Waals surface area contributed by atoms with Gasteiger partial charge in [-0.05, 0) is 12.1 Å². The smallest absolute Gasteiger partial charge is 0.297 e. The highest BCUT2D eigenvalue weighted by atomic mass is 35.5. The number of anilines is 2. The van der Waals surface area contributed by atoms with Gasteiger partial charge in [-0.25, -0.2) is 5.10 Å². The first-order chi connectivity index (χ1) is 8.94. The molecular weight excluding hydrogens is 313 g/mol.